The van der Waals surface area contributed by atoms with E-state index in [2.05, 4.69) is 39.9 Å². The zero-order chi connectivity index (χ0) is 20.8. The zero-order valence-corrected chi connectivity index (χ0v) is 18.1. The average Bonchev–Trinajstić information content (AvgIpc) is 3.24. The monoisotopic (exact) mass is 423 g/mol. The van der Waals surface area contributed by atoms with Gasteiger partial charge in [-0.1, -0.05) is 42.5 Å². The molecule has 0 unspecified atom stereocenters. The number of ether oxygens (including phenoxy) is 1. The van der Waals surface area contributed by atoms with Gasteiger partial charge >= 0.3 is 0 Å². The summed E-state index contributed by atoms with van der Waals surface area (Å²) in [5.41, 5.74) is 1.80. The maximum absolute atomic E-state index is 13.1. The van der Waals surface area contributed by atoms with Crippen LogP contribution in [-0.4, -0.2) is 49.0 Å². The van der Waals surface area contributed by atoms with E-state index in [9.17, 15) is 4.79 Å². The molecule has 6 heteroatoms. The smallest absolute Gasteiger partial charge is 0.254 e. The number of thioether (sulfide) groups is 1. The first-order chi connectivity index (χ1) is 14.7. The lowest BCUT2D eigenvalue weighted by atomic mass is 9.77. The Bertz CT molecular complexity index is 874. The molecule has 1 amide bonds. The number of carbonyl (C=O) groups excluding carboxylic acids is 1. The number of nitrogens with zero attached hydrogens (tertiary/aromatic N) is 1. The first kappa shape index (κ1) is 21.1. The van der Waals surface area contributed by atoms with Crippen molar-refractivity contribution in [1.29, 1.82) is 0 Å². The molecule has 2 N–H and O–H groups in total. The number of benzene rings is 1. The quantitative estimate of drug-likeness (QED) is 0.666. The molecule has 5 nitrogen and oxygen atoms in total. The van der Waals surface area contributed by atoms with Crippen molar-refractivity contribution < 1.29 is 9.53 Å². The topological polar surface area (TPSA) is 63.2 Å². The van der Waals surface area contributed by atoms with Crippen molar-refractivity contribution in [1.82, 2.24) is 15.6 Å². The Labute approximate surface area is 182 Å². The summed E-state index contributed by atoms with van der Waals surface area (Å²) in [6.45, 7) is 2.10. The third kappa shape index (κ3) is 5.12. The number of pyridine rings is 1. The van der Waals surface area contributed by atoms with E-state index in [4.69, 9.17) is 4.74 Å². The third-order valence-electron chi connectivity index (χ3n) is 6.08. The highest BCUT2D eigenvalue weighted by Gasteiger charge is 2.40. The molecule has 1 aliphatic heterocycles. The van der Waals surface area contributed by atoms with Gasteiger partial charge in [-0.15, -0.1) is 11.8 Å². The van der Waals surface area contributed by atoms with E-state index < -0.39 is 0 Å². The van der Waals surface area contributed by atoms with Crippen LogP contribution in [0.25, 0.3) is 6.08 Å². The fourth-order valence-corrected chi connectivity index (χ4v) is 5.29. The van der Waals surface area contributed by atoms with Gasteiger partial charge in [0, 0.05) is 19.1 Å². The van der Waals surface area contributed by atoms with Crippen LogP contribution in [-0.2, 0) is 4.74 Å². The van der Waals surface area contributed by atoms with Crippen molar-refractivity contribution in [3.05, 3.63) is 65.9 Å². The molecule has 4 atom stereocenters. The number of amides is 1. The summed E-state index contributed by atoms with van der Waals surface area (Å²) in [6.07, 6.45) is 7.96. The molecule has 0 bridgehead atoms. The van der Waals surface area contributed by atoms with Crippen molar-refractivity contribution in [3.63, 3.8) is 0 Å². The number of carbonyl (C=O) groups is 1. The second kappa shape index (κ2) is 10.2. The van der Waals surface area contributed by atoms with Crippen LogP contribution < -0.4 is 10.6 Å². The summed E-state index contributed by atoms with van der Waals surface area (Å²) in [6, 6.07) is 13.9. The Morgan fingerprint density at radius 3 is 2.80 bits per heavy atom. The molecule has 0 spiro atoms. The average molecular weight is 424 g/mol. The maximum atomic E-state index is 13.1. The minimum Gasteiger partial charge on any atom is -0.379 e. The molecule has 1 saturated heterocycles. The SMILES string of the molecule is CO[C@H]1C[C@@H]2CNC[C@@H]2C[C@@H]1NC(=O)c1cccnc1SC/C=C/c1ccccc1. The molecule has 2 aromatic rings. The standard InChI is InChI=1S/C24H29N3O2S/c1-29-22-14-19-16-25-15-18(19)13-21(22)27-23(28)20-10-5-11-26-24(20)30-12-6-9-17-7-3-2-4-8-17/h2-11,18-19,21-22,25H,12-16H2,1H3,(H,27,28)/b9-6+/t18-,19+,21-,22-/m0/s1. The van der Waals surface area contributed by atoms with E-state index in [0.29, 0.717) is 17.4 Å². The Morgan fingerprint density at radius 1 is 1.20 bits per heavy atom. The largest absolute Gasteiger partial charge is 0.379 e. The highest BCUT2D eigenvalue weighted by molar-refractivity contribution is 7.99. The molecular weight excluding hydrogens is 394 g/mol. The number of nitrogens with one attached hydrogen (secondary N) is 2. The number of rotatable bonds is 7. The first-order valence-corrected chi connectivity index (χ1v) is 11.6. The fourth-order valence-electron chi connectivity index (χ4n) is 4.49. The van der Waals surface area contributed by atoms with Gasteiger partial charge in [0.05, 0.1) is 17.7 Å². The van der Waals surface area contributed by atoms with Crippen LogP contribution in [0.2, 0.25) is 0 Å². The van der Waals surface area contributed by atoms with E-state index in [1.54, 1.807) is 25.1 Å². The normalized spacial score (nSPS) is 25.9. The van der Waals surface area contributed by atoms with Crippen molar-refractivity contribution in [3.8, 4) is 0 Å². The van der Waals surface area contributed by atoms with Crippen LogP contribution in [0, 0.1) is 11.8 Å². The van der Waals surface area contributed by atoms with Crippen LogP contribution in [0.3, 0.4) is 0 Å². The van der Waals surface area contributed by atoms with Crippen LogP contribution in [0.1, 0.15) is 28.8 Å². The van der Waals surface area contributed by atoms with Gasteiger partial charge in [-0.3, -0.25) is 4.79 Å². The highest BCUT2D eigenvalue weighted by atomic mass is 32.2. The lowest BCUT2D eigenvalue weighted by Gasteiger charge is -2.37. The van der Waals surface area contributed by atoms with Gasteiger partial charge in [-0.05, 0) is 55.5 Å². The molecular formula is C24H29N3O2S. The van der Waals surface area contributed by atoms with Crippen LogP contribution >= 0.6 is 11.8 Å². The van der Waals surface area contributed by atoms with E-state index in [0.717, 1.165) is 36.7 Å². The minimum atomic E-state index is -0.0610. The summed E-state index contributed by atoms with van der Waals surface area (Å²) in [4.78, 5) is 17.5. The van der Waals surface area contributed by atoms with Gasteiger partial charge < -0.3 is 15.4 Å². The molecule has 158 valence electrons. The molecule has 30 heavy (non-hydrogen) atoms. The predicted octanol–water partition coefficient (Wildman–Crippen LogP) is 3.63. The molecule has 2 fully saturated rings. The van der Waals surface area contributed by atoms with Crippen LogP contribution in [0.4, 0.5) is 0 Å². The van der Waals surface area contributed by atoms with Crippen molar-refractivity contribution in [2.45, 2.75) is 30.0 Å². The molecule has 2 aliphatic rings. The van der Waals surface area contributed by atoms with Gasteiger partial charge in [0.1, 0.15) is 5.03 Å². The Morgan fingerprint density at radius 2 is 2.00 bits per heavy atom. The van der Waals surface area contributed by atoms with E-state index in [1.165, 1.54) is 5.56 Å². The summed E-state index contributed by atoms with van der Waals surface area (Å²) in [5, 5.41) is 7.48. The third-order valence-corrected chi connectivity index (χ3v) is 7.04. The van der Waals surface area contributed by atoms with Crippen molar-refractivity contribution >= 4 is 23.7 Å². The van der Waals surface area contributed by atoms with Gasteiger partial charge in [-0.2, -0.15) is 0 Å². The molecule has 1 aromatic heterocycles. The lowest BCUT2D eigenvalue weighted by Crippen LogP contribution is -2.50. The number of hydrogen-bond donors (Lipinski definition) is 2. The lowest BCUT2D eigenvalue weighted by molar-refractivity contribution is 0.0125. The van der Waals surface area contributed by atoms with Gasteiger partial charge in [0.2, 0.25) is 0 Å². The molecule has 4 rings (SSSR count). The van der Waals surface area contributed by atoms with Gasteiger partial charge in [-0.25, -0.2) is 4.98 Å². The number of hydrogen-bond acceptors (Lipinski definition) is 5. The number of aromatic nitrogens is 1. The van der Waals surface area contributed by atoms with Gasteiger partial charge in [0.25, 0.3) is 5.91 Å². The fraction of sp³-hybridized carbons (Fsp3) is 0.417. The molecule has 1 aliphatic carbocycles. The van der Waals surface area contributed by atoms with E-state index in [1.807, 2.05) is 30.3 Å². The second-order valence-electron chi connectivity index (χ2n) is 7.98. The van der Waals surface area contributed by atoms with Crippen molar-refractivity contribution in [2.75, 3.05) is 26.0 Å². The summed E-state index contributed by atoms with van der Waals surface area (Å²) in [7, 11) is 1.75. The predicted molar refractivity (Wildman–Crippen MR) is 122 cm³/mol. The maximum Gasteiger partial charge on any atom is 0.254 e. The van der Waals surface area contributed by atoms with Crippen LogP contribution in [0.5, 0.6) is 0 Å². The summed E-state index contributed by atoms with van der Waals surface area (Å²) < 4.78 is 5.73. The highest BCUT2D eigenvalue weighted by Crippen LogP contribution is 2.34. The second-order valence-corrected chi connectivity index (χ2v) is 8.99. The zero-order valence-electron chi connectivity index (χ0n) is 17.3. The Hall–Kier alpha value is -2.15. The van der Waals surface area contributed by atoms with E-state index in [-0.39, 0.29) is 18.1 Å². The summed E-state index contributed by atoms with van der Waals surface area (Å²) >= 11 is 1.58. The summed E-state index contributed by atoms with van der Waals surface area (Å²) in [5.74, 6) is 1.97. The Balaban J connectivity index is 1.38. The number of methoxy groups -OCH3 is 1. The minimum absolute atomic E-state index is 0.0414. The molecule has 0 radical (unpaired) electrons. The molecule has 1 aromatic carbocycles. The van der Waals surface area contributed by atoms with Crippen molar-refractivity contribution in [2.24, 2.45) is 11.8 Å². The number of fused-ring (bicyclic) bond motifs is 1. The molecule has 1 saturated carbocycles. The van der Waals surface area contributed by atoms with Gasteiger partial charge in [0.15, 0.2) is 0 Å². The molecule has 2 heterocycles. The van der Waals surface area contributed by atoms with Crippen LogP contribution in [0.15, 0.2) is 59.8 Å². The van der Waals surface area contributed by atoms with E-state index >= 15 is 0 Å². The first-order valence-electron chi connectivity index (χ1n) is 10.6. The Kier molecular flexibility index (Phi) is 7.20.